The smallest absolute Gasteiger partial charge is 0.299 e. The Balaban J connectivity index is 4.35. The summed E-state index contributed by atoms with van der Waals surface area (Å²) in [6.45, 7) is 2.66. The molecule has 5 heteroatoms. The number of hydrogen-bond acceptors (Lipinski definition) is 2. The van der Waals surface area contributed by atoms with Crippen molar-refractivity contribution in [3.8, 4) is 0 Å². The monoisotopic (exact) mass is 196 g/mol. The Kier molecular flexibility index (Phi) is 4.10. The molecule has 0 aliphatic carbocycles. The van der Waals surface area contributed by atoms with Gasteiger partial charge >= 0.3 is 6.18 Å². The van der Waals surface area contributed by atoms with E-state index < -0.39 is 23.7 Å². The van der Waals surface area contributed by atoms with Crippen LogP contribution in [-0.2, 0) is 9.59 Å². The van der Waals surface area contributed by atoms with Gasteiger partial charge in [0.2, 0.25) is 5.78 Å². The maximum Gasteiger partial charge on any atom is 0.450 e. The fourth-order valence-electron chi connectivity index (χ4n) is 0.855. The van der Waals surface area contributed by atoms with Crippen molar-refractivity contribution in [2.75, 3.05) is 0 Å². The summed E-state index contributed by atoms with van der Waals surface area (Å²) in [6.07, 6.45) is -4.43. The van der Waals surface area contributed by atoms with Crippen molar-refractivity contribution in [2.24, 2.45) is 5.92 Å². The van der Waals surface area contributed by atoms with Crippen LogP contribution in [0.25, 0.3) is 0 Å². The van der Waals surface area contributed by atoms with Crippen LogP contribution in [0.15, 0.2) is 0 Å². The Labute approximate surface area is 74.1 Å². The molecular weight excluding hydrogens is 185 g/mol. The third-order valence-corrected chi connectivity index (χ3v) is 1.65. The van der Waals surface area contributed by atoms with E-state index in [0.29, 0.717) is 6.42 Å². The van der Waals surface area contributed by atoms with Gasteiger partial charge in [0.25, 0.3) is 0 Å². The van der Waals surface area contributed by atoms with Crippen molar-refractivity contribution in [1.29, 1.82) is 0 Å². The molecule has 13 heavy (non-hydrogen) atoms. The number of rotatable bonds is 4. The van der Waals surface area contributed by atoms with E-state index in [0.717, 1.165) is 6.92 Å². The van der Waals surface area contributed by atoms with E-state index in [1.54, 1.807) is 6.92 Å². The van der Waals surface area contributed by atoms with E-state index in [9.17, 15) is 22.8 Å². The van der Waals surface area contributed by atoms with Crippen LogP contribution in [0.3, 0.4) is 0 Å². The van der Waals surface area contributed by atoms with Crippen LogP contribution in [0, 0.1) is 5.92 Å². The molecule has 0 fully saturated rings. The minimum Gasteiger partial charge on any atom is -0.299 e. The first-order chi connectivity index (χ1) is 5.80. The van der Waals surface area contributed by atoms with E-state index in [2.05, 4.69) is 0 Å². The zero-order chi connectivity index (χ0) is 10.6. The van der Waals surface area contributed by atoms with Crippen molar-refractivity contribution in [3.63, 3.8) is 0 Å². The van der Waals surface area contributed by atoms with E-state index in [1.165, 1.54) is 0 Å². The van der Waals surface area contributed by atoms with Gasteiger partial charge in [-0.15, -0.1) is 0 Å². The van der Waals surface area contributed by atoms with Gasteiger partial charge in [-0.1, -0.05) is 6.92 Å². The van der Waals surface area contributed by atoms with Crippen molar-refractivity contribution < 1.29 is 22.8 Å². The van der Waals surface area contributed by atoms with Crippen LogP contribution in [-0.4, -0.2) is 17.7 Å². The summed E-state index contributed by atoms with van der Waals surface area (Å²) in [6, 6.07) is 0. The number of alkyl halides is 3. The number of Topliss-reactive ketones (excluding diaryl/α,β-unsaturated/α-hetero) is 2. The number of hydrogen-bond donors (Lipinski definition) is 0. The summed E-state index contributed by atoms with van der Waals surface area (Å²) >= 11 is 0. The fraction of sp³-hybridized carbons (Fsp3) is 0.750. The molecule has 1 unspecified atom stereocenters. The fourth-order valence-corrected chi connectivity index (χ4v) is 0.855. The molecule has 0 radical (unpaired) electrons. The predicted molar refractivity (Wildman–Crippen MR) is 40.1 cm³/mol. The van der Waals surface area contributed by atoms with Crippen LogP contribution in [0.4, 0.5) is 13.2 Å². The lowest BCUT2D eigenvalue weighted by atomic mass is 9.98. The molecular formula is C8H11F3O2. The normalized spacial score (nSPS) is 13.9. The first-order valence-corrected chi connectivity index (χ1v) is 3.94. The van der Waals surface area contributed by atoms with Gasteiger partial charge in [-0.2, -0.15) is 13.2 Å². The van der Waals surface area contributed by atoms with Gasteiger partial charge in [0.15, 0.2) is 0 Å². The first-order valence-electron chi connectivity index (χ1n) is 3.94. The van der Waals surface area contributed by atoms with Gasteiger partial charge in [0.1, 0.15) is 5.78 Å². The lowest BCUT2D eigenvalue weighted by molar-refractivity contribution is -0.176. The molecule has 0 saturated carbocycles. The molecule has 1 atom stereocenters. The summed E-state index contributed by atoms with van der Waals surface area (Å²) in [5.41, 5.74) is 0. The van der Waals surface area contributed by atoms with Crippen LogP contribution >= 0.6 is 0 Å². The van der Waals surface area contributed by atoms with Crippen molar-refractivity contribution >= 4 is 11.6 Å². The quantitative estimate of drug-likeness (QED) is 0.645. The molecule has 0 aromatic carbocycles. The SMILES string of the molecule is CCCC(=O)C(C)C(=O)C(F)(F)F. The second kappa shape index (κ2) is 4.39. The molecule has 2 nitrogen and oxygen atoms in total. The topological polar surface area (TPSA) is 34.1 Å². The summed E-state index contributed by atoms with van der Waals surface area (Å²) in [5, 5.41) is 0. The molecule has 0 rings (SSSR count). The van der Waals surface area contributed by atoms with Gasteiger partial charge < -0.3 is 0 Å². The summed E-state index contributed by atoms with van der Waals surface area (Å²) in [5.74, 6) is -4.16. The third-order valence-electron chi connectivity index (χ3n) is 1.65. The molecule has 0 N–H and O–H groups in total. The van der Waals surface area contributed by atoms with Gasteiger partial charge in [-0.3, -0.25) is 9.59 Å². The highest BCUT2D eigenvalue weighted by atomic mass is 19.4. The van der Waals surface area contributed by atoms with Gasteiger partial charge in [-0.05, 0) is 13.3 Å². The Morgan fingerprint density at radius 3 is 2.08 bits per heavy atom. The average molecular weight is 196 g/mol. The van der Waals surface area contributed by atoms with Crippen molar-refractivity contribution in [3.05, 3.63) is 0 Å². The second-order valence-corrected chi connectivity index (χ2v) is 2.80. The highest BCUT2D eigenvalue weighted by Crippen LogP contribution is 2.22. The average Bonchev–Trinajstić information content (AvgIpc) is 2.00. The Morgan fingerprint density at radius 2 is 1.77 bits per heavy atom. The lowest BCUT2D eigenvalue weighted by Gasteiger charge is -2.10. The van der Waals surface area contributed by atoms with E-state index in [1.807, 2.05) is 0 Å². The summed E-state index contributed by atoms with van der Waals surface area (Å²) < 4.78 is 35.4. The van der Waals surface area contributed by atoms with Gasteiger partial charge in [0.05, 0.1) is 5.92 Å². The van der Waals surface area contributed by atoms with Gasteiger partial charge in [0, 0.05) is 6.42 Å². The lowest BCUT2D eigenvalue weighted by Crippen LogP contribution is -2.33. The number of ketones is 2. The predicted octanol–water partition coefficient (Wildman–Crippen LogP) is 2.12. The van der Waals surface area contributed by atoms with E-state index in [-0.39, 0.29) is 6.42 Å². The molecule has 0 spiro atoms. The molecule has 0 heterocycles. The maximum absolute atomic E-state index is 11.8. The molecule has 0 saturated heterocycles. The minimum absolute atomic E-state index is 0.0169. The largest absolute Gasteiger partial charge is 0.450 e. The maximum atomic E-state index is 11.8. The van der Waals surface area contributed by atoms with Crippen LogP contribution in [0.1, 0.15) is 26.7 Å². The second-order valence-electron chi connectivity index (χ2n) is 2.80. The van der Waals surface area contributed by atoms with Crippen LogP contribution in [0.5, 0.6) is 0 Å². The molecule has 0 bridgehead atoms. The zero-order valence-electron chi connectivity index (χ0n) is 7.44. The molecule has 76 valence electrons. The van der Waals surface area contributed by atoms with E-state index >= 15 is 0 Å². The summed E-state index contributed by atoms with van der Waals surface area (Å²) in [4.78, 5) is 21.4. The Morgan fingerprint density at radius 1 is 1.31 bits per heavy atom. The highest BCUT2D eigenvalue weighted by molar-refractivity contribution is 6.04. The molecule has 0 amide bonds. The Bertz CT molecular complexity index is 208. The third kappa shape index (κ3) is 3.57. The Hall–Kier alpha value is -0.870. The van der Waals surface area contributed by atoms with Crippen molar-refractivity contribution in [1.82, 2.24) is 0 Å². The molecule has 0 aliphatic rings. The van der Waals surface area contributed by atoms with Crippen molar-refractivity contribution in [2.45, 2.75) is 32.9 Å². The highest BCUT2D eigenvalue weighted by Gasteiger charge is 2.43. The standard InChI is InChI=1S/C8H11F3O2/c1-3-4-6(12)5(2)7(13)8(9,10)11/h5H,3-4H2,1-2H3. The van der Waals surface area contributed by atoms with E-state index in [4.69, 9.17) is 0 Å². The molecule has 0 aliphatic heterocycles. The number of carbonyl (C=O) groups excluding carboxylic acids is 2. The van der Waals surface area contributed by atoms with Gasteiger partial charge in [-0.25, -0.2) is 0 Å². The molecule has 0 aromatic rings. The zero-order valence-corrected chi connectivity index (χ0v) is 7.44. The molecule has 0 aromatic heterocycles. The minimum atomic E-state index is -4.90. The van der Waals surface area contributed by atoms with Crippen LogP contribution in [0.2, 0.25) is 0 Å². The summed E-state index contributed by atoms with van der Waals surface area (Å²) in [7, 11) is 0. The van der Waals surface area contributed by atoms with Crippen LogP contribution < -0.4 is 0 Å². The number of halogens is 3. The first kappa shape index (κ1) is 12.1. The number of carbonyl (C=O) groups is 2.